The fraction of sp³-hybridized carbons (Fsp3) is 0.615. The van der Waals surface area contributed by atoms with Crippen LogP contribution in [0.2, 0.25) is 0 Å². The molecule has 3 nitrogen and oxygen atoms in total. The molecule has 1 rings (SSSR count). The Morgan fingerprint density at radius 1 is 1.31 bits per heavy atom. The molecule has 0 aliphatic heterocycles. The Kier molecular flexibility index (Phi) is 6.58. The second-order valence-corrected chi connectivity index (χ2v) is 3.87. The van der Waals surface area contributed by atoms with E-state index in [0.29, 0.717) is 6.61 Å². The van der Waals surface area contributed by atoms with Crippen molar-refractivity contribution in [2.45, 2.75) is 39.2 Å². The van der Waals surface area contributed by atoms with Crippen LogP contribution in [-0.2, 0) is 11.3 Å². The topological polar surface area (TPSA) is 34.1 Å². The molecule has 0 atom stereocenters. The van der Waals surface area contributed by atoms with Gasteiger partial charge in [-0.2, -0.15) is 0 Å². The summed E-state index contributed by atoms with van der Waals surface area (Å²) in [6, 6.07) is 3.99. The Bertz CT molecular complexity index is 289. The molecule has 0 aromatic carbocycles. The maximum atomic E-state index is 5.63. The third kappa shape index (κ3) is 4.62. The molecular weight excluding hydrogens is 200 g/mol. The molecule has 3 heteroatoms. The minimum atomic E-state index is 0.649. The molecule has 0 spiro atoms. The van der Waals surface area contributed by atoms with Gasteiger partial charge in [0.25, 0.3) is 0 Å². The Morgan fingerprint density at radius 2 is 2.19 bits per heavy atom. The van der Waals surface area contributed by atoms with E-state index in [4.69, 9.17) is 4.74 Å². The molecular formula is C13H22N2O. The van der Waals surface area contributed by atoms with Crippen molar-refractivity contribution in [1.82, 2.24) is 4.98 Å². The zero-order valence-electron chi connectivity index (χ0n) is 10.3. The molecule has 16 heavy (non-hydrogen) atoms. The molecule has 0 aliphatic carbocycles. The average Bonchev–Trinajstić information content (AvgIpc) is 2.34. The fourth-order valence-electron chi connectivity index (χ4n) is 1.59. The van der Waals surface area contributed by atoms with E-state index in [-0.39, 0.29) is 0 Å². The predicted molar refractivity (Wildman–Crippen MR) is 67.6 cm³/mol. The number of nitrogens with zero attached hydrogens (tertiary/aromatic N) is 1. The minimum Gasteiger partial charge on any atom is -0.377 e. The van der Waals surface area contributed by atoms with Gasteiger partial charge in [0.1, 0.15) is 5.82 Å². The number of ether oxygens (including phenoxy) is 1. The number of aromatic nitrogens is 1. The summed E-state index contributed by atoms with van der Waals surface area (Å²) in [5.74, 6) is 0.913. The molecule has 1 aromatic rings. The third-order valence-corrected chi connectivity index (χ3v) is 2.53. The maximum absolute atomic E-state index is 5.63. The predicted octanol–water partition coefficient (Wildman–Crippen LogP) is 3.22. The van der Waals surface area contributed by atoms with Crippen molar-refractivity contribution in [1.29, 1.82) is 0 Å². The van der Waals surface area contributed by atoms with E-state index in [0.717, 1.165) is 24.4 Å². The van der Waals surface area contributed by atoms with Gasteiger partial charge >= 0.3 is 0 Å². The zero-order valence-corrected chi connectivity index (χ0v) is 10.3. The van der Waals surface area contributed by atoms with Crippen LogP contribution in [0.1, 0.15) is 38.2 Å². The lowest BCUT2D eigenvalue weighted by atomic mass is 10.2. The highest BCUT2D eigenvalue weighted by Crippen LogP contribution is 2.12. The molecule has 1 heterocycles. The van der Waals surface area contributed by atoms with Crippen molar-refractivity contribution in [3.05, 3.63) is 23.9 Å². The first-order valence-electron chi connectivity index (χ1n) is 6.08. The Balaban J connectivity index is 2.21. The van der Waals surface area contributed by atoms with Gasteiger partial charge in [-0.15, -0.1) is 0 Å². The van der Waals surface area contributed by atoms with Crippen molar-refractivity contribution in [3.63, 3.8) is 0 Å². The summed E-state index contributed by atoms with van der Waals surface area (Å²) in [6.07, 6.45) is 6.78. The highest BCUT2D eigenvalue weighted by atomic mass is 16.5. The van der Waals surface area contributed by atoms with E-state index in [9.17, 15) is 0 Å². The molecule has 1 N–H and O–H groups in total. The maximum Gasteiger partial charge on any atom is 0.131 e. The van der Waals surface area contributed by atoms with Gasteiger partial charge in [-0.25, -0.2) is 4.98 Å². The van der Waals surface area contributed by atoms with Crippen molar-refractivity contribution in [3.8, 4) is 0 Å². The largest absolute Gasteiger partial charge is 0.377 e. The Morgan fingerprint density at radius 3 is 2.94 bits per heavy atom. The molecule has 0 unspecified atom stereocenters. The Hall–Kier alpha value is -1.09. The first-order chi connectivity index (χ1) is 7.88. The van der Waals surface area contributed by atoms with Crippen LogP contribution in [-0.4, -0.2) is 18.6 Å². The zero-order chi connectivity index (χ0) is 11.6. The van der Waals surface area contributed by atoms with Gasteiger partial charge in [-0.3, -0.25) is 0 Å². The lowest BCUT2D eigenvalue weighted by Crippen LogP contribution is -2.01. The van der Waals surface area contributed by atoms with E-state index in [2.05, 4.69) is 17.2 Å². The second-order valence-electron chi connectivity index (χ2n) is 3.87. The SMILES string of the molecule is CCCCCCOCc1cccnc1NC. The number of anilines is 1. The molecule has 0 fully saturated rings. The van der Waals surface area contributed by atoms with E-state index >= 15 is 0 Å². The highest BCUT2D eigenvalue weighted by molar-refractivity contribution is 5.42. The lowest BCUT2D eigenvalue weighted by Gasteiger charge is -2.08. The number of unbranched alkanes of at least 4 members (excludes halogenated alkanes) is 3. The lowest BCUT2D eigenvalue weighted by molar-refractivity contribution is 0.117. The third-order valence-electron chi connectivity index (χ3n) is 2.53. The molecule has 0 amide bonds. The monoisotopic (exact) mass is 222 g/mol. The number of pyridine rings is 1. The summed E-state index contributed by atoms with van der Waals surface area (Å²) < 4.78 is 5.63. The molecule has 1 aromatic heterocycles. The van der Waals surface area contributed by atoms with Crippen molar-refractivity contribution < 1.29 is 4.74 Å². The first kappa shape index (κ1) is 13.0. The first-order valence-corrected chi connectivity index (χ1v) is 6.08. The molecule has 0 aliphatic rings. The summed E-state index contributed by atoms with van der Waals surface area (Å²) in [4.78, 5) is 4.23. The summed E-state index contributed by atoms with van der Waals surface area (Å²) in [5.41, 5.74) is 1.13. The molecule has 90 valence electrons. The van der Waals surface area contributed by atoms with Gasteiger partial charge in [0.15, 0.2) is 0 Å². The minimum absolute atomic E-state index is 0.649. The average molecular weight is 222 g/mol. The second kappa shape index (κ2) is 8.11. The number of hydrogen-bond acceptors (Lipinski definition) is 3. The molecule has 0 saturated heterocycles. The highest BCUT2D eigenvalue weighted by Gasteiger charge is 2.00. The van der Waals surface area contributed by atoms with Gasteiger partial charge in [0.2, 0.25) is 0 Å². The van der Waals surface area contributed by atoms with Gasteiger partial charge in [0.05, 0.1) is 6.61 Å². The van der Waals surface area contributed by atoms with Crippen LogP contribution >= 0.6 is 0 Å². The number of hydrogen-bond donors (Lipinski definition) is 1. The van der Waals surface area contributed by atoms with Crippen LogP contribution in [0, 0.1) is 0 Å². The summed E-state index contributed by atoms with van der Waals surface area (Å²) >= 11 is 0. The smallest absolute Gasteiger partial charge is 0.131 e. The Labute approximate surface area is 98.2 Å². The molecule has 0 saturated carbocycles. The van der Waals surface area contributed by atoms with Crippen LogP contribution in [0.5, 0.6) is 0 Å². The van der Waals surface area contributed by atoms with Gasteiger partial charge in [0, 0.05) is 25.4 Å². The van der Waals surface area contributed by atoms with E-state index in [1.54, 1.807) is 6.20 Å². The summed E-state index contributed by atoms with van der Waals surface area (Å²) in [6.45, 7) is 3.71. The molecule has 0 bridgehead atoms. The van der Waals surface area contributed by atoms with Crippen LogP contribution in [0.15, 0.2) is 18.3 Å². The van der Waals surface area contributed by atoms with Gasteiger partial charge in [-0.05, 0) is 12.5 Å². The van der Waals surface area contributed by atoms with Crippen LogP contribution < -0.4 is 5.32 Å². The van der Waals surface area contributed by atoms with Crippen LogP contribution in [0.3, 0.4) is 0 Å². The van der Waals surface area contributed by atoms with Gasteiger partial charge in [-0.1, -0.05) is 32.3 Å². The number of rotatable bonds is 8. The summed E-state index contributed by atoms with van der Waals surface area (Å²) in [7, 11) is 1.88. The van der Waals surface area contributed by atoms with E-state index in [1.165, 1.54) is 19.3 Å². The number of nitrogens with one attached hydrogen (secondary N) is 1. The quantitative estimate of drug-likeness (QED) is 0.686. The van der Waals surface area contributed by atoms with Crippen molar-refractivity contribution in [2.75, 3.05) is 19.0 Å². The summed E-state index contributed by atoms with van der Waals surface area (Å²) in [5, 5.41) is 3.07. The van der Waals surface area contributed by atoms with Crippen molar-refractivity contribution >= 4 is 5.82 Å². The molecule has 0 radical (unpaired) electrons. The van der Waals surface area contributed by atoms with Gasteiger partial charge < -0.3 is 10.1 Å². The normalized spacial score (nSPS) is 10.4. The van der Waals surface area contributed by atoms with Crippen LogP contribution in [0.4, 0.5) is 5.82 Å². The van der Waals surface area contributed by atoms with Crippen molar-refractivity contribution in [2.24, 2.45) is 0 Å². The van der Waals surface area contributed by atoms with E-state index in [1.807, 2.05) is 19.2 Å². The fourth-order valence-corrected chi connectivity index (χ4v) is 1.59. The standard InChI is InChI=1S/C13H22N2O/c1-3-4-5-6-10-16-11-12-8-7-9-15-13(12)14-2/h7-9H,3-6,10-11H2,1-2H3,(H,14,15). The van der Waals surface area contributed by atoms with Crippen LogP contribution in [0.25, 0.3) is 0 Å². The van der Waals surface area contributed by atoms with E-state index < -0.39 is 0 Å².